The quantitative estimate of drug-likeness (QED) is 0.257. The zero-order valence-electron chi connectivity index (χ0n) is 23.4. The molecule has 41 heavy (non-hydrogen) atoms. The molecule has 0 saturated carbocycles. The van der Waals surface area contributed by atoms with Crippen LogP contribution in [-0.2, 0) is 16.1 Å². The number of ether oxygens (including phenoxy) is 2. The minimum atomic E-state index is -0.679. The SMILES string of the molecule is CCOC(=O)C1=C(C)N=c2s/c(=C\c3ccccc3OCc3ccccc3F)c(=O)n2[C@H]1c1ccc(C(C)C)cc1. The van der Waals surface area contributed by atoms with E-state index in [1.54, 1.807) is 48.8 Å². The Hall–Kier alpha value is -4.30. The van der Waals surface area contributed by atoms with Crippen molar-refractivity contribution in [3.05, 3.63) is 132 Å². The van der Waals surface area contributed by atoms with Gasteiger partial charge in [-0.2, -0.15) is 0 Å². The summed E-state index contributed by atoms with van der Waals surface area (Å²) in [7, 11) is 0. The number of hydrogen-bond donors (Lipinski definition) is 0. The van der Waals surface area contributed by atoms with Gasteiger partial charge in [-0.15, -0.1) is 0 Å². The van der Waals surface area contributed by atoms with E-state index in [9.17, 15) is 14.0 Å². The molecule has 8 heteroatoms. The number of hydrogen-bond acceptors (Lipinski definition) is 6. The average Bonchev–Trinajstić information content (AvgIpc) is 3.26. The standard InChI is InChI=1S/C33H31FN2O4S/c1-5-39-32(38)29-21(4)35-33-36(30(29)23-16-14-22(15-17-23)20(2)3)31(37)28(41-33)18-24-10-7-9-13-27(24)40-19-25-11-6-8-12-26(25)34/h6-18,20,30H,5,19H2,1-4H3/b28-18-/t30-/m0/s1. The molecule has 4 aromatic rings. The second-order valence-electron chi connectivity index (χ2n) is 10.0. The minimum Gasteiger partial charge on any atom is -0.488 e. The van der Waals surface area contributed by atoms with Gasteiger partial charge in [0.1, 0.15) is 18.2 Å². The molecule has 0 saturated heterocycles. The monoisotopic (exact) mass is 570 g/mol. The molecular formula is C33H31FN2O4S. The summed E-state index contributed by atoms with van der Waals surface area (Å²) in [5, 5.41) is 0. The molecule has 1 aromatic heterocycles. The van der Waals surface area contributed by atoms with Gasteiger partial charge in [-0.25, -0.2) is 14.2 Å². The predicted molar refractivity (Wildman–Crippen MR) is 158 cm³/mol. The second kappa shape index (κ2) is 12.1. The number of esters is 1. The summed E-state index contributed by atoms with van der Waals surface area (Å²) in [4.78, 5) is 32.2. The zero-order valence-corrected chi connectivity index (χ0v) is 24.2. The molecule has 1 atom stereocenters. The van der Waals surface area contributed by atoms with Crippen LogP contribution in [0.15, 0.2) is 93.9 Å². The molecule has 0 spiro atoms. The van der Waals surface area contributed by atoms with Crippen LogP contribution in [0.2, 0.25) is 0 Å². The van der Waals surface area contributed by atoms with Crippen LogP contribution in [0.3, 0.4) is 0 Å². The van der Waals surface area contributed by atoms with Crippen LogP contribution in [-0.4, -0.2) is 17.1 Å². The van der Waals surface area contributed by atoms with Gasteiger partial charge in [-0.05, 0) is 49.1 Å². The van der Waals surface area contributed by atoms with Crippen LogP contribution in [0.5, 0.6) is 5.75 Å². The summed E-state index contributed by atoms with van der Waals surface area (Å²) >= 11 is 1.25. The molecule has 1 aliphatic rings. The van der Waals surface area contributed by atoms with Crippen LogP contribution in [0.1, 0.15) is 61.9 Å². The first kappa shape index (κ1) is 28.2. The van der Waals surface area contributed by atoms with Crippen molar-refractivity contribution in [1.29, 1.82) is 0 Å². The van der Waals surface area contributed by atoms with Crippen LogP contribution >= 0.6 is 11.3 Å². The van der Waals surface area contributed by atoms with Gasteiger partial charge in [0.2, 0.25) is 0 Å². The van der Waals surface area contributed by atoms with Crippen molar-refractivity contribution in [2.75, 3.05) is 6.61 Å². The van der Waals surface area contributed by atoms with Gasteiger partial charge in [0.05, 0.1) is 28.5 Å². The molecule has 3 aromatic carbocycles. The van der Waals surface area contributed by atoms with E-state index >= 15 is 0 Å². The molecule has 0 bridgehead atoms. The van der Waals surface area contributed by atoms with E-state index in [0.29, 0.717) is 43.4 Å². The number of thiazole rings is 1. The third-order valence-electron chi connectivity index (χ3n) is 6.98. The summed E-state index contributed by atoms with van der Waals surface area (Å²) in [6, 6.07) is 21.0. The molecule has 6 nitrogen and oxygen atoms in total. The third-order valence-corrected chi connectivity index (χ3v) is 7.97. The highest BCUT2D eigenvalue weighted by Gasteiger charge is 2.33. The molecule has 1 aliphatic heterocycles. The predicted octanol–water partition coefficient (Wildman–Crippen LogP) is 5.64. The summed E-state index contributed by atoms with van der Waals surface area (Å²) < 4.78 is 27.5. The molecule has 0 amide bonds. The van der Waals surface area contributed by atoms with Crippen molar-refractivity contribution in [2.24, 2.45) is 4.99 Å². The molecule has 2 heterocycles. The highest BCUT2D eigenvalue weighted by atomic mass is 32.1. The fourth-order valence-corrected chi connectivity index (χ4v) is 5.85. The van der Waals surface area contributed by atoms with Gasteiger partial charge in [-0.3, -0.25) is 9.36 Å². The number of rotatable bonds is 8. The molecule has 210 valence electrons. The zero-order chi connectivity index (χ0) is 29.1. The van der Waals surface area contributed by atoms with Crippen molar-refractivity contribution in [3.63, 3.8) is 0 Å². The number of carbonyl (C=O) groups excluding carboxylic acids is 1. The molecule has 5 rings (SSSR count). The Morgan fingerprint density at radius 1 is 1.07 bits per heavy atom. The minimum absolute atomic E-state index is 0.0489. The lowest BCUT2D eigenvalue weighted by Crippen LogP contribution is -2.39. The number of carbonyl (C=O) groups is 1. The fraction of sp³-hybridized carbons (Fsp3) is 0.242. The lowest BCUT2D eigenvalue weighted by Gasteiger charge is -2.25. The third kappa shape index (κ3) is 5.79. The van der Waals surface area contributed by atoms with Crippen molar-refractivity contribution in [3.8, 4) is 5.75 Å². The molecule has 0 N–H and O–H groups in total. The van der Waals surface area contributed by atoms with Gasteiger partial charge < -0.3 is 9.47 Å². The van der Waals surface area contributed by atoms with E-state index in [0.717, 1.165) is 11.1 Å². The number of para-hydroxylation sites is 1. The van der Waals surface area contributed by atoms with E-state index in [-0.39, 0.29) is 24.6 Å². The fourth-order valence-electron chi connectivity index (χ4n) is 4.81. The molecular weight excluding hydrogens is 539 g/mol. The topological polar surface area (TPSA) is 69.9 Å². The first-order valence-electron chi connectivity index (χ1n) is 13.5. The lowest BCUT2D eigenvalue weighted by atomic mass is 9.93. The van der Waals surface area contributed by atoms with Crippen molar-refractivity contribution in [1.82, 2.24) is 4.57 Å². The summed E-state index contributed by atoms with van der Waals surface area (Å²) in [5.74, 6) is 0.0275. The smallest absolute Gasteiger partial charge is 0.338 e. The van der Waals surface area contributed by atoms with Crippen LogP contribution in [0.4, 0.5) is 4.39 Å². The highest BCUT2D eigenvalue weighted by molar-refractivity contribution is 7.07. The van der Waals surface area contributed by atoms with Gasteiger partial charge in [0.15, 0.2) is 4.80 Å². The number of allylic oxidation sites excluding steroid dienone is 1. The van der Waals surface area contributed by atoms with Gasteiger partial charge in [0.25, 0.3) is 5.56 Å². The number of halogens is 1. The van der Waals surface area contributed by atoms with E-state index in [2.05, 4.69) is 18.8 Å². The normalized spacial score (nSPS) is 15.1. The number of nitrogens with zero attached hydrogens (tertiary/aromatic N) is 2. The van der Waals surface area contributed by atoms with Crippen molar-refractivity contribution in [2.45, 2.75) is 46.3 Å². The first-order chi connectivity index (χ1) is 19.8. The molecule has 0 unspecified atom stereocenters. The summed E-state index contributed by atoms with van der Waals surface area (Å²) in [6.07, 6.45) is 1.75. The van der Waals surface area contributed by atoms with Crippen molar-refractivity contribution < 1.29 is 18.7 Å². The first-order valence-corrected chi connectivity index (χ1v) is 14.3. The van der Waals surface area contributed by atoms with E-state index < -0.39 is 12.0 Å². The summed E-state index contributed by atoms with van der Waals surface area (Å²) in [6.45, 7) is 8.01. The van der Waals surface area contributed by atoms with Gasteiger partial charge in [-0.1, -0.05) is 85.8 Å². The molecule has 0 radical (unpaired) electrons. The number of benzene rings is 3. The highest BCUT2D eigenvalue weighted by Crippen LogP contribution is 2.31. The lowest BCUT2D eigenvalue weighted by molar-refractivity contribution is -0.139. The van der Waals surface area contributed by atoms with Gasteiger partial charge >= 0.3 is 5.97 Å². The second-order valence-corrected chi connectivity index (χ2v) is 11.1. The maximum Gasteiger partial charge on any atom is 0.338 e. The maximum atomic E-state index is 14.2. The Morgan fingerprint density at radius 2 is 1.78 bits per heavy atom. The Morgan fingerprint density at radius 3 is 2.49 bits per heavy atom. The number of fused-ring (bicyclic) bond motifs is 1. The van der Waals surface area contributed by atoms with E-state index in [1.807, 2.05) is 42.5 Å². The van der Waals surface area contributed by atoms with E-state index in [4.69, 9.17) is 9.47 Å². The molecule has 0 aliphatic carbocycles. The van der Waals surface area contributed by atoms with E-state index in [1.165, 1.54) is 17.4 Å². The maximum absolute atomic E-state index is 14.2. The van der Waals surface area contributed by atoms with Crippen LogP contribution in [0, 0.1) is 5.82 Å². The van der Waals surface area contributed by atoms with Crippen LogP contribution < -0.4 is 19.6 Å². The average molecular weight is 571 g/mol. The Labute approximate surface area is 241 Å². The Bertz CT molecular complexity index is 1800. The molecule has 0 fully saturated rings. The Balaban J connectivity index is 1.60. The number of aromatic nitrogens is 1. The van der Waals surface area contributed by atoms with Crippen molar-refractivity contribution >= 4 is 23.4 Å². The largest absolute Gasteiger partial charge is 0.488 e. The summed E-state index contributed by atoms with van der Waals surface area (Å²) in [5.41, 5.74) is 3.66. The van der Waals surface area contributed by atoms with Gasteiger partial charge in [0, 0.05) is 11.1 Å². The van der Waals surface area contributed by atoms with Crippen LogP contribution in [0.25, 0.3) is 6.08 Å². The Kier molecular flexibility index (Phi) is 8.31.